The molecule has 4 aromatic rings. The number of nitrogens with zero attached hydrogens (tertiary/aromatic N) is 3. The summed E-state index contributed by atoms with van der Waals surface area (Å²) in [6.45, 7) is 0.550. The number of para-hydroxylation sites is 1. The minimum absolute atomic E-state index is 0.0301. The Balaban J connectivity index is 1.76. The third kappa shape index (κ3) is 2.25. The van der Waals surface area contributed by atoms with Gasteiger partial charge in [0.05, 0.1) is 11.8 Å². The lowest BCUT2D eigenvalue weighted by atomic mass is 10.1. The molecule has 5 heteroatoms. The van der Waals surface area contributed by atoms with Gasteiger partial charge in [-0.3, -0.25) is 9.36 Å². The third-order valence-electron chi connectivity index (χ3n) is 4.45. The Kier molecular flexibility index (Phi) is 3.34. The lowest BCUT2D eigenvalue weighted by Gasteiger charge is -2.06. The highest BCUT2D eigenvalue weighted by Gasteiger charge is 2.13. The van der Waals surface area contributed by atoms with Crippen molar-refractivity contribution in [1.29, 1.82) is 0 Å². The molecule has 2 aromatic carbocycles. The Labute approximate surface area is 138 Å². The van der Waals surface area contributed by atoms with Crippen molar-refractivity contribution < 1.29 is 5.11 Å². The second kappa shape index (κ2) is 5.53. The van der Waals surface area contributed by atoms with Crippen LogP contribution in [-0.2, 0) is 20.0 Å². The number of aryl methyl sites for hydroxylation is 3. The van der Waals surface area contributed by atoms with E-state index < -0.39 is 0 Å². The van der Waals surface area contributed by atoms with Crippen LogP contribution in [0.3, 0.4) is 0 Å². The molecule has 0 amide bonds. The third-order valence-corrected chi connectivity index (χ3v) is 4.45. The topological polar surface area (TPSA) is 60.1 Å². The molecule has 0 aliphatic carbocycles. The molecule has 0 spiro atoms. The summed E-state index contributed by atoms with van der Waals surface area (Å²) in [6.07, 6.45) is 2.33. The van der Waals surface area contributed by atoms with Gasteiger partial charge in [-0.2, -0.15) is 0 Å². The molecule has 0 aliphatic heterocycles. The van der Waals surface area contributed by atoms with Crippen molar-refractivity contribution in [2.45, 2.75) is 13.0 Å². The zero-order chi connectivity index (χ0) is 16.7. The van der Waals surface area contributed by atoms with Gasteiger partial charge in [-0.25, -0.2) is 4.98 Å². The predicted molar refractivity (Wildman–Crippen MR) is 94.3 cm³/mol. The first-order valence-electron chi connectivity index (χ1n) is 7.85. The van der Waals surface area contributed by atoms with E-state index in [1.54, 1.807) is 23.0 Å². The second-order valence-corrected chi connectivity index (χ2v) is 5.93. The monoisotopic (exact) mass is 319 g/mol. The fourth-order valence-electron chi connectivity index (χ4n) is 3.14. The summed E-state index contributed by atoms with van der Waals surface area (Å²) >= 11 is 0. The van der Waals surface area contributed by atoms with E-state index in [-0.39, 0.29) is 11.3 Å². The molecule has 0 saturated carbocycles. The van der Waals surface area contributed by atoms with Crippen LogP contribution in [0.5, 0.6) is 5.75 Å². The fourth-order valence-corrected chi connectivity index (χ4v) is 3.14. The predicted octanol–water partition coefficient (Wildman–Crippen LogP) is 2.84. The number of aromatic hydroxyl groups is 1. The molecule has 2 aromatic heterocycles. The smallest absolute Gasteiger partial charge is 0.277 e. The second-order valence-electron chi connectivity index (χ2n) is 5.93. The van der Waals surface area contributed by atoms with Crippen LogP contribution in [0, 0.1) is 0 Å². The molecule has 4 rings (SSSR count). The summed E-state index contributed by atoms with van der Waals surface area (Å²) in [5, 5.41) is 10.3. The van der Waals surface area contributed by atoms with Crippen molar-refractivity contribution in [2.24, 2.45) is 7.05 Å². The highest BCUT2D eigenvalue weighted by molar-refractivity contribution is 6.05. The SMILES string of the molecule is Cn1c2ccccc2c2ncn(CCc3ccc(O)cc3)c(=O)c21. The van der Waals surface area contributed by atoms with E-state index in [1.165, 1.54) is 0 Å². The average molecular weight is 319 g/mol. The van der Waals surface area contributed by atoms with E-state index in [1.807, 2.05) is 48.0 Å². The van der Waals surface area contributed by atoms with Crippen LogP contribution in [0.1, 0.15) is 5.56 Å². The van der Waals surface area contributed by atoms with Crippen molar-refractivity contribution in [3.8, 4) is 5.75 Å². The van der Waals surface area contributed by atoms with Gasteiger partial charge in [-0.05, 0) is 30.2 Å². The minimum Gasteiger partial charge on any atom is -0.508 e. The molecule has 0 fully saturated rings. The van der Waals surface area contributed by atoms with E-state index in [0.717, 1.165) is 22.0 Å². The lowest BCUT2D eigenvalue weighted by molar-refractivity contribution is 0.475. The number of phenols is 1. The standard InChI is InChI=1S/C19H17N3O2/c1-21-16-5-3-2-4-15(16)17-18(21)19(24)22(12-20-17)11-10-13-6-8-14(23)9-7-13/h2-9,12,23H,10-11H2,1H3. The minimum atomic E-state index is -0.0301. The van der Waals surface area contributed by atoms with Crippen LogP contribution >= 0.6 is 0 Å². The molecule has 0 atom stereocenters. The van der Waals surface area contributed by atoms with Crippen molar-refractivity contribution in [3.05, 3.63) is 70.8 Å². The van der Waals surface area contributed by atoms with Gasteiger partial charge in [0.15, 0.2) is 0 Å². The molecular formula is C19H17N3O2. The lowest BCUT2D eigenvalue weighted by Crippen LogP contribution is -2.22. The summed E-state index contributed by atoms with van der Waals surface area (Å²) < 4.78 is 3.56. The van der Waals surface area contributed by atoms with Crippen molar-refractivity contribution in [2.75, 3.05) is 0 Å². The van der Waals surface area contributed by atoms with Gasteiger partial charge in [0, 0.05) is 19.0 Å². The van der Waals surface area contributed by atoms with E-state index in [0.29, 0.717) is 18.5 Å². The first-order chi connectivity index (χ1) is 11.6. The number of aromatic nitrogens is 3. The molecule has 0 unspecified atom stereocenters. The van der Waals surface area contributed by atoms with Gasteiger partial charge in [0.1, 0.15) is 16.8 Å². The quantitative estimate of drug-likeness (QED) is 0.632. The maximum atomic E-state index is 12.9. The molecule has 0 aliphatic rings. The summed E-state index contributed by atoms with van der Waals surface area (Å²) in [7, 11) is 1.90. The van der Waals surface area contributed by atoms with E-state index in [4.69, 9.17) is 0 Å². The summed E-state index contributed by atoms with van der Waals surface area (Å²) in [5.41, 5.74) is 3.42. The average Bonchev–Trinajstić information content (AvgIpc) is 2.90. The van der Waals surface area contributed by atoms with Gasteiger partial charge in [-0.15, -0.1) is 0 Å². The number of rotatable bonds is 3. The molecular weight excluding hydrogens is 302 g/mol. The number of phenolic OH excluding ortho intramolecular Hbond substituents is 1. The number of fused-ring (bicyclic) bond motifs is 3. The summed E-state index contributed by atoms with van der Waals surface area (Å²) in [5.74, 6) is 0.245. The first-order valence-corrected chi connectivity index (χ1v) is 7.85. The van der Waals surface area contributed by atoms with E-state index in [9.17, 15) is 9.90 Å². The maximum Gasteiger partial charge on any atom is 0.277 e. The largest absolute Gasteiger partial charge is 0.508 e. The molecule has 1 N–H and O–H groups in total. The zero-order valence-corrected chi connectivity index (χ0v) is 13.3. The zero-order valence-electron chi connectivity index (χ0n) is 13.3. The van der Waals surface area contributed by atoms with Crippen LogP contribution in [-0.4, -0.2) is 19.2 Å². The van der Waals surface area contributed by atoms with Crippen LogP contribution in [0.2, 0.25) is 0 Å². The summed E-state index contributed by atoms with van der Waals surface area (Å²) in [6, 6.07) is 15.0. The van der Waals surface area contributed by atoms with Gasteiger partial charge in [0.25, 0.3) is 5.56 Å². The Bertz CT molecular complexity index is 1090. The van der Waals surface area contributed by atoms with Gasteiger partial charge in [0.2, 0.25) is 0 Å². The van der Waals surface area contributed by atoms with Gasteiger partial charge in [-0.1, -0.05) is 30.3 Å². The van der Waals surface area contributed by atoms with Crippen molar-refractivity contribution >= 4 is 21.9 Å². The molecule has 5 nitrogen and oxygen atoms in total. The van der Waals surface area contributed by atoms with E-state index in [2.05, 4.69) is 4.98 Å². The van der Waals surface area contributed by atoms with Gasteiger partial charge < -0.3 is 9.67 Å². The van der Waals surface area contributed by atoms with Crippen molar-refractivity contribution in [3.63, 3.8) is 0 Å². The van der Waals surface area contributed by atoms with Crippen LogP contribution in [0.4, 0.5) is 0 Å². The van der Waals surface area contributed by atoms with Crippen LogP contribution < -0.4 is 5.56 Å². The molecule has 0 saturated heterocycles. The number of hydrogen-bond acceptors (Lipinski definition) is 3. The fraction of sp³-hybridized carbons (Fsp3) is 0.158. The molecule has 0 radical (unpaired) electrons. The first kappa shape index (κ1) is 14.5. The van der Waals surface area contributed by atoms with Crippen LogP contribution in [0.15, 0.2) is 59.7 Å². The highest BCUT2D eigenvalue weighted by Crippen LogP contribution is 2.23. The Morgan fingerprint density at radius 2 is 1.83 bits per heavy atom. The number of benzene rings is 2. The summed E-state index contributed by atoms with van der Waals surface area (Å²) in [4.78, 5) is 17.4. The van der Waals surface area contributed by atoms with Crippen molar-refractivity contribution in [1.82, 2.24) is 14.1 Å². The normalized spacial score (nSPS) is 11.4. The Morgan fingerprint density at radius 3 is 2.62 bits per heavy atom. The molecule has 2 heterocycles. The highest BCUT2D eigenvalue weighted by atomic mass is 16.3. The maximum absolute atomic E-state index is 12.9. The molecule has 120 valence electrons. The Morgan fingerprint density at radius 1 is 1.08 bits per heavy atom. The Hall–Kier alpha value is -3.08. The van der Waals surface area contributed by atoms with Gasteiger partial charge >= 0.3 is 0 Å². The van der Waals surface area contributed by atoms with E-state index >= 15 is 0 Å². The number of hydrogen-bond donors (Lipinski definition) is 1. The van der Waals surface area contributed by atoms with Crippen LogP contribution in [0.25, 0.3) is 21.9 Å². The molecule has 24 heavy (non-hydrogen) atoms. The molecule has 0 bridgehead atoms.